The Morgan fingerprint density at radius 3 is 2.69 bits per heavy atom. The highest BCUT2D eigenvalue weighted by molar-refractivity contribution is 7.89. The number of nitrogens with zero attached hydrogens (tertiary/aromatic N) is 3. The van der Waals surface area contributed by atoms with Crippen LogP contribution in [0.1, 0.15) is 51.6 Å². The molecular formula is C23H26N4O3S2. The molecule has 7 nitrogen and oxygen atoms in total. The second-order valence-electron chi connectivity index (χ2n) is 7.88. The molecule has 168 valence electrons. The van der Waals surface area contributed by atoms with E-state index < -0.39 is 10.0 Å². The number of hydrogen-bond acceptors (Lipinski definition) is 6. The van der Waals surface area contributed by atoms with E-state index in [4.69, 9.17) is 0 Å². The van der Waals surface area contributed by atoms with Crippen LogP contribution in [-0.4, -0.2) is 41.9 Å². The summed E-state index contributed by atoms with van der Waals surface area (Å²) in [4.78, 5) is 13.0. The van der Waals surface area contributed by atoms with Crippen molar-refractivity contribution in [2.45, 2.75) is 43.9 Å². The van der Waals surface area contributed by atoms with Gasteiger partial charge in [-0.2, -0.15) is 4.31 Å². The van der Waals surface area contributed by atoms with Gasteiger partial charge in [-0.15, -0.1) is 10.2 Å². The first kappa shape index (κ1) is 22.6. The molecule has 1 N–H and O–H groups in total. The van der Waals surface area contributed by atoms with Crippen molar-refractivity contribution in [1.29, 1.82) is 0 Å². The number of piperidine rings is 1. The predicted molar refractivity (Wildman–Crippen MR) is 126 cm³/mol. The Morgan fingerprint density at radius 1 is 1.16 bits per heavy atom. The van der Waals surface area contributed by atoms with Crippen LogP contribution < -0.4 is 5.32 Å². The lowest BCUT2D eigenvalue weighted by Crippen LogP contribution is -2.39. The first-order valence-electron chi connectivity index (χ1n) is 10.7. The van der Waals surface area contributed by atoms with Crippen LogP contribution in [0.25, 0.3) is 0 Å². The molecule has 1 aliphatic heterocycles. The van der Waals surface area contributed by atoms with Gasteiger partial charge in [-0.1, -0.05) is 54.7 Å². The van der Waals surface area contributed by atoms with Crippen LogP contribution in [0.4, 0.5) is 5.69 Å². The van der Waals surface area contributed by atoms with Crippen molar-refractivity contribution in [2.75, 3.05) is 18.4 Å². The maximum atomic E-state index is 13.3. The number of rotatable bonds is 6. The molecule has 0 bridgehead atoms. The lowest BCUT2D eigenvalue weighted by atomic mass is 10.0. The molecule has 0 unspecified atom stereocenters. The van der Waals surface area contributed by atoms with Crippen LogP contribution in [0.5, 0.6) is 0 Å². The van der Waals surface area contributed by atoms with Gasteiger partial charge in [0.15, 0.2) is 0 Å². The van der Waals surface area contributed by atoms with E-state index in [1.54, 1.807) is 16.4 Å². The van der Waals surface area contributed by atoms with Crippen molar-refractivity contribution >= 4 is 33.0 Å². The average Bonchev–Trinajstić information content (AvgIpc) is 3.31. The van der Waals surface area contributed by atoms with Crippen molar-refractivity contribution in [1.82, 2.24) is 14.5 Å². The largest absolute Gasteiger partial charge is 0.320 e. The summed E-state index contributed by atoms with van der Waals surface area (Å²) in [6, 6.07) is 14.7. The van der Waals surface area contributed by atoms with Crippen molar-refractivity contribution in [3.63, 3.8) is 0 Å². The minimum atomic E-state index is -3.59. The van der Waals surface area contributed by atoms with Crippen molar-refractivity contribution < 1.29 is 13.2 Å². The lowest BCUT2D eigenvalue weighted by Gasteiger charge is -2.31. The molecule has 4 rings (SSSR count). The quantitative estimate of drug-likeness (QED) is 0.582. The van der Waals surface area contributed by atoms with Crippen LogP contribution in [-0.2, 0) is 16.4 Å². The van der Waals surface area contributed by atoms with E-state index in [1.807, 2.05) is 50.2 Å². The number of nitrogens with one attached hydrogen (secondary N) is 1. The summed E-state index contributed by atoms with van der Waals surface area (Å²) in [6.45, 7) is 4.71. The number of aryl methyl sites for hydroxylation is 2. The zero-order chi connectivity index (χ0) is 22.7. The second-order valence-corrected chi connectivity index (χ2v) is 10.8. The van der Waals surface area contributed by atoms with Crippen molar-refractivity contribution in [3.8, 4) is 0 Å². The summed E-state index contributed by atoms with van der Waals surface area (Å²) in [6.07, 6.45) is 2.21. The zero-order valence-electron chi connectivity index (χ0n) is 18.1. The first-order valence-corrected chi connectivity index (χ1v) is 12.9. The smallest absolute Gasteiger partial charge is 0.286 e. The maximum Gasteiger partial charge on any atom is 0.286 e. The SMILES string of the molecule is CCc1ccccc1S(=O)(=O)N1CCC[C@@H](c2nnc(C(=O)Nc3ccccc3C)s2)C1. The molecule has 0 radical (unpaired) electrons. The van der Waals surface area contributed by atoms with E-state index in [2.05, 4.69) is 15.5 Å². The van der Waals surface area contributed by atoms with Gasteiger partial charge in [-0.3, -0.25) is 4.79 Å². The Kier molecular flexibility index (Phi) is 6.68. The third kappa shape index (κ3) is 4.60. The minimum absolute atomic E-state index is 0.0789. The Morgan fingerprint density at radius 2 is 1.91 bits per heavy atom. The summed E-state index contributed by atoms with van der Waals surface area (Å²) < 4.78 is 28.2. The molecule has 1 amide bonds. The Balaban J connectivity index is 1.50. The monoisotopic (exact) mass is 470 g/mol. The van der Waals surface area contributed by atoms with Gasteiger partial charge in [0, 0.05) is 24.7 Å². The highest BCUT2D eigenvalue weighted by atomic mass is 32.2. The van der Waals surface area contributed by atoms with Crippen molar-refractivity contribution in [3.05, 3.63) is 69.7 Å². The number of carbonyl (C=O) groups is 1. The van der Waals surface area contributed by atoms with E-state index in [0.717, 1.165) is 29.7 Å². The van der Waals surface area contributed by atoms with Crippen LogP contribution in [0.15, 0.2) is 53.4 Å². The van der Waals surface area contributed by atoms with Crippen LogP contribution in [0, 0.1) is 6.92 Å². The van der Waals surface area contributed by atoms with Gasteiger partial charge in [0.2, 0.25) is 15.0 Å². The molecule has 32 heavy (non-hydrogen) atoms. The third-order valence-corrected chi connectivity index (χ3v) is 8.78. The number of sulfonamides is 1. The molecule has 1 saturated heterocycles. The van der Waals surface area contributed by atoms with E-state index in [0.29, 0.717) is 29.4 Å². The highest BCUT2D eigenvalue weighted by Gasteiger charge is 2.33. The number of hydrogen-bond donors (Lipinski definition) is 1. The van der Waals surface area contributed by atoms with Gasteiger partial charge >= 0.3 is 0 Å². The van der Waals surface area contributed by atoms with Gasteiger partial charge in [0.25, 0.3) is 5.91 Å². The molecule has 3 aromatic rings. The second kappa shape index (κ2) is 9.48. The summed E-state index contributed by atoms with van der Waals surface area (Å²) in [5.41, 5.74) is 2.52. The minimum Gasteiger partial charge on any atom is -0.320 e. The van der Waals surface area contributed by atoms with Gasteiger partial charge in [0.1, 0.15) is 5.01 Å². The summed E-state index contributed by atoms with van der Waals surface area (Å²) >= 11 is 1.23. The van der Waals surface area contributed by atoms with Crippen LogP contribution in [0.3, 0.4) is 0 Å². The van der Waals surface area contributed by atoms with Gasteiger partial charge in [-0.05, 0) is 49.4 Å². The molecular weight excluding hydrogens is 444 g/mol. The number of benzene rings is 2. The number of para-hydroxylation sites is 1. The fourth-order valence-electron chi connectivity index (χ4n) is 3.93. The predicted octanol–water partition coefficient (Wildman–Crippen LogP) is 4.23. The normalized spacial score (nSPS) is 17.2. The van der Waals surface area contributed by atoms with E-state index in [-0.39, 0.29) is 16.8 Å². The summed E-state index contributed by atoms with van der Waals surface area (Å²) in [5, 5.41) is 12.2. The molecule has 1 fully saturated rings. The number of carbonyl (C=O) groups excluding carboxylic acids is 1. The molecule has 0 saturated carbocycles. The zero-order valence-corrected chi connectivity index (χ0v) is 19.7. The first-order chi connectivity index (χ1) is 15.4. The standard InChI is InChI=1S/C23H26N4O3S2/c1-3-17-10-5-7-13-20(17)32(29,30)27-14-8-11-18(15-27)22-25-26-23(31-22)21(28)24-19-12-6-4-9-16(19)2/h4-7,9-10,12-13,18H,3,8,11,14-15H2,1-2H3,(H,24,28)/t18-/m1/s1. The highest BCUT2D eigenvalue weighted by Crippen LogP contribution is 2.33. The van der Waals surface area contributed by atoms with E-state index in [9.17, 15) is 13.2 Å². The fraction of sp³-hybridized carbons (Fsp3) is 0.348. The summed E-state index contributed by atoms with van der Waals surface area (Å²) in [5.74, 6) is -0.384. The number of amides is 1. The van der Waals surface area contributed by atoms with Crippen molar-refractivity contribution in [2.24, 2.45) is 0 Å². The molecule has 0 aliphatic carbocycles. The molecule has 0 spiro atoms. The maximum absolute atomic E-state index is 13.3. The summed E-state index contributed by atoms with van der Waals surface area (Å²) in [7, 11) is -3.59. The van der Waals surface area contributed by atoms with E-state index in [1.165, 1.54) is 11.3 Å². The Labute approximate surface area is 192 Å². The molecule has 1 aliphatic rings. The van der Waals surface area contributed by atoms with Crippen LogP contribution >= 0.6 is 11.3 Å². The average molecular weight is 471 g/mol. The van der Waals surface area contributed by atoms with Gasteiger partial charge < -0.3 is 5.32 Å². The molecule has 9 heteroatoms. The fourth-order valence-corrected chi connectivity index (χ4v) is 6.61. The Hall–Kier alpha value is -2.62. The number of anilines is 1. The third-order valence-electron chi connectivity index (χ3n) is 5.73. The Bertz CT molecular complexity index is 1220. The van der Waals surface area contributed by atoms with Gasteiger partial charge in [0.05, 0.1) is 4.90 Å². The molecule has 1 aromatic heterocycles. The van der Waals surface area contributed by atoms with Crippen LogP contribution in [0.2, 0.25) is 0 Å². The van der Waals surface area contributed by atoms with E-state index >= 15 is 0 Å². The number of aromatic nitrogens is 2. The lowest BCUT2D eigenvalue weighted by molar-refractivity contribution is 0.102. The molecule has 1 atom stereocenters. The van der Waals surface area contributed by atoms with Gasteiger partial charge in [-0.25, -0.2) is 8.42 Å². The molecule has 2 heterocycles. The topological polar surface area (TPSA) is 92.3 Å². The molecule has 2 aromatic carbocycles.